The summed E-state index contributed by atoms with van der Waals surface area (Å²) < 4.78 is 5.06. The Morgan fingerprint density at radius 2 is 2.06 bits per heavy atom. The first-order chi connectivity index (χ1) is 8.10. The quantitative estimate of drug-likeness (QED) is 0.734. The molecular formula is C12H20ClN3O. The Bertz CT molecular complexity index is 371. The second-order valence-corrected chi connectivity index (χ2v) is 4.40. The summed E-state index contributed by atoms with van der Waals surface area (Å²) in [7, 11) is 3.68. The fourth-order valence-corrected chi connectivity index (χ4v) is 1.74. The summed E-state index contributed by atoms with van der Waals surface area (Å²) in [4.78, 5) is 10.9. The molecule has 0 aliphatic heterocycles. The summed E-state index contributed by atoms with van der Waals surface area (Å²) >= 11 is 6.12. The highest BCUT2D eigenvalue weighted by atomic mass is 35.5. The summed E-state index contributed by atoms with van der Waals surface area (Å²) in [6.45, 7) is 5.50. The molecule has 1 aromatic heterocycles. The maximum absolute atomic E-state index is 6.12. The Kier molecular flexibility index (Phi) is 5.65. The number of hydrogen-bond acceptors (Lipinski definition) is 4. The number of methoxy groups -OCH3 is 1. The third-order valence-corrected chi connectivity index (χ3v) is 2.94. The minimum absolute atomic E-state index is 0.544. The van der Waals surface area contributed by atoms with Gasteiger partial charge in [-0.15, -0.1) is 0 Å². The van der Waals surface area contributed by atoms with Gasteiger partial charge in [0.15, 0.2) is 0 Å². The van der Waals surface area contributed by atoms with Gasteiger partial charge in [0.05, 0.1) is 6.61 Å². The molecule has 1 rings (SSSR count). The molecule has 5 heteroatoms. The number of rotatable bonds is 6. The second kappa shape index (κ2) is 6.77. The maximum atomic E-state index is 6.12. The maximum Gasteiger partial charge on any atom is 0.137 e. The van der Waals surface area contributed by atoms with Crippen LogP contribution in [-0.4, -0.2) is 37.3 Å². The van der Waals surface area contributed by atoms with Gasteiger partial charge in [0, 0.05) is 32.7 Å². The normalized spacial score (nSPS) is 10.6. The van der Waals surface area contributed by atoms with Crippen LogP contribution in [0.4, 0.5) is 5.82 Å². The fourth-order valence-electron chi connectivity index (χ4n) is 1.56. The lowest BCUT2D eigenvalue weighted by molar-refractivity contribution is 0.206. The lowest BCUT2D eigenvalue weighted by Crippen LogP contribution is -2.24. The standard InChI is InChI=1S/C12H20ClN3O/c1-5-6-10-14-11(13)9(2)12(15-10)16(3)7-8-17-4/h5-8H2,1-4H3. The Labute approximate surface area is 108 Å². The molecule has 17 heavy (non-hydrogen) atoms. The molecule has 0 saturated carbocycles. The first kappa shape index (κ1) is 14.2. The molecule has 0 N–H and O–H groups in total. The number of ether oxygens (including phenoxy) is 1. The first-order valence-corrected chi connectivity index (χ1v) is 6.21. The van der Waals surface area contributed by atoms with Crippen LogP contribution in [0.2, 0.25) is 5.15 Å². The van der Waals surface area contributed by atoms with Crippen LogP contribution in [0.15, 0.2) is 0 Å². The minimum Gasteiger partial charge on any atom is -0.383 e. The van der Waals surface area contributed by atoms with Crippen LogP contribution >= 0.6 is 11.6 Å². The van der Waals surface area contributed by atoms with E-state index in [9.17, 15) is 0 Å². The van der Waals surface area contributed by atoms with Crippen LogP contribution in [0, 0.1) is 6.92 Å². The van der Waals surface area contributed by atoms with Crippen LogP contribution in [0.1, 0.15) is 24.7 Å². The lowest BCUT2D eigenvalue weighted by Gasteiger charge is -2.20. The van der Waals surface area contributed by atoms with Crippen LogP contribution in [0.3, 0.4) is 0 Å². The van der Waals surface area contributed by atoms with E-state index in [1.54, 1.807) is 7.11 Å². The second-order valence-electron chi connectivity index (χ2n) is 4.04. The molecule has 0 radical (unpaired) electrons. The molecule has 4 nitrogen and oxygen atoms in total. The van der Waals surface area contributed by atoms with Crippen molar-refractivity contribution in [1.82, 2.24) is 9.97 Å². The van der Waals surface area contributed by atoms with E-state index in [1.165, 1.54) is 0 Å². The molecule has 0 aliphatic carbocycles. The Morgan fingerprint density at radius 3 is 2.65 bits per heavy atom. The van der Waals surface area contributed by atoms with Crippen molar-refractivity contribution in [2.75, 3.05) is 32.2 Å². The van der Waals surface area contributed by atoms with E-state index in [2.05, 4.69) is 16.9 Å². The SMILES string of the molecule is CCCc1nc(Cl)c(C)c(N(C)CCOC)n1. The highest BCUT2D eigenvalue weighted by Gasteiger charge is 2.12. The number of anilines is 1. The summed E-state index contributed by atoms with van der Waals surface area (Å²) in [5.41, 5.74) is 0.921. The van der Waals surface area contributed by atoms with Crippen molar-refractivity contribution in [3.8, 4) is 0 Å². The van der Waals surface area contributed by atoms with Gasteiger partial charge in [0.25, 0.3) is 0 Å². The molecular weight excluding hydrogens is 238 g/mol. The summed E-state index contributed by atoms with van der Waals surface area (Å²) in [5, 5.41) is 0.544. The van der Waals surface area contributed by atoms with Gasteiger partial charge in [-0.25, -0.2) is 9.97 Å². The summed E-state index contributed by atoms with van der Waals surface area (Å²) in [6.07, 6.45) is 1.87. The van der Waals surface area contributed by atoms with Crippen molar-refractivity contribution in [2.45, 2.75) is 26.7 Å². The average Bonchev–Trinajstić information content (AvgIpc) is 2.30. The molecule has 0 atom stereocenters. The van der Waals surface area contributed by atoms with Crippen molar-refractivity contribution < 1.29 is 4.74 Å². The van der Waals surface area contributed by atoms with Gasteiger partial charge in [-0.2, -0.15) is 0 Å². The van der Waals surface area contributed by atoms with Crippen molar-refractivity contribution in [2.24, 2.45) is 0 Å². The highest BCUT2D eigenvalue weighted by Crippen LogP contribution is 2.22. The van der Waals surface area contributed by atoms with Crippen molar-refractivity contribution in [1.29, 1.82) is 0 Å². The summed E-state index contributed by atoms with van der Waals surface area (Å²) in [5.74, 6) is 1.70. The first-order valence-electron chi connectivity index (χ1n) is 5.83. The number of halogens is 1. The third kappa shape index (κ3) is 3.82. The number of hydrogen-bond donors (Lipinski definition) is 0. The van der Waals surface area contributed by atoms with Crippen LogP contribution in [0.5, 0.6) is 0 Å². The zero-order chi connectivity index (χ0) is 12.8. The molecule has 0 bridgehead atoms. The molecule has 1 aromatic rings. The molecule has 0 fully saturated rings. The average molecular weight is 258 g/mol. The van der Waals surface area contributed by atoms with Gasteiger partial charge >= 0.3 is 0 Å². The zero-order valence-corrected chi connectivity index (χ0v) is 11.7. The van der Waals surface area contributed by atoms with E-state index in [0.717, 1.165) is 36.6 Å². The van der Waals surface area contributed by atoms with Gasteiger partial charge in [0.1, 0.15) is 16.8 Å². The Hall–Kier alpha value is -0.870. The lowest BCUT2D eigenvalue weighted by atomic mass is 10.3. The predicted molar refractivity (Wildman–Crippen MR) is 70.9 cm³/mol. The topological polar surface area (TPSA) is 38.2 Å². The molecule has 0 aromatic carbocycles. The molecule has 0 saturated heterocycles. The van der Waals surface area contributed by atoms with E-state index in [1.807, 2.05) is 18.9 Å². The van der Waals surface area contributed by atoms with Crippen molar-refractivity contribution in [3.63, 3.8) is 0 Å². The predicted octanol–water partition coefficient (Wildman–Crippen LogP) is 2.47. The van der Waals surface area contributed by atoms with Gasteiger partial charge < -0.3 is 9.64 Å². The molecule has 96 valence electrons. The molecule has 1 heterocycles. The van der Waals surface area contributed by atoms with Crippen LogP contribution in [0.25, 0.3) is 0 Å². The van der Waals surface area contributed by atoms with Gasteiger partial charge in [-0.05, 0) is 13.3 Å². The van der Waals surface area contributed by atoms with Crippen molar-refractivity contribution >= 4 is 17.4 Å². The monoisotopic (exact) mass is 257 g/mol. The van der Waals surface area contributed by atoms with Crippen LogP contribution in [-0.2, 0) is 11.2 Å². The van der Waals surface area contributed by atoms with Gasteiger partial charge in [-0.3, -0.25) is 0 Å². The summed E-state index contributed by atoms with van der Waals surface area (Å²) in [6, 6.07) is 0. The van der Waals surface area contributed by atoms with E-state index < -0.39 is 0 Å². The molecule has 0 amide bonds. The van der Waals surface area contributed by atoms with E-state index in [4.69, 9.17) is 16.3 Å². The zero-order valence-electron chi connectivity index (χ0n) is 11.0. The molecule has 0 aliphatic rings. The number of aromatic nitrogens is 2. The van der Waals surface area contributed by atoms with Gasteiger partial charge in [0.2, 0.25) is 0 Å². The largest absolute Gasteiger partial charge is 0.383 e. The van der Waals surface area contributed by atoms with E-state index in [-0.39, 0.29) is 0 Å². The number of likely N-dealkylation sites (N-methyl/N-ethyl adjacent to an activating group) is 1. The van der Waals surface area contributed by atoms with E-state index >= 15 is 0 Å². The van der Waals surface area contributed by atoms with Gasteiger partial charge in [-0.1, -0.05) is 18.5 Å². The number of nitrogens with zero attached hydrogens (tertiary/aromatic N) is 3. The minimum atomic E-state index is 0.544. The molecule has 0 unspecified atom stereocenters. The smallest absolute Gasteiger partial charge is 0.137 e. The Balaban J connectivity index is 2.95. The highest BCUT2D eigenvalue weighted by molar-refractivity contribution is 6.30. The van der Waals surface area contributed by atoms with E-state index in [0.29, 0.717) is 11.8 Å². The molecule has 0 spiro atoms. The fraction of sp³-hybridized carbons (Fsp3) is 0.667. The van der Waals surface area contributed by atoms with Crippen LogP contribution < -0.4 is 4.90 Å². The Morgan fingerprint density at radius 1 is 1.35 bits per heavy atom. The van der Waals surface area contributed by atoms with Crippen molar-refractivity contribution in [3.05, 3.63) is 16.5 Å². The third-order valence-electron chi connectivity index (χ3n) is 2.57. The number of aryl methyl sites for hydroxylation is 1.